The van der Waals surface area contributed by atoms with Gasteiger partial charge in [-0.05, 0) is 47.7 Å². The Bertz CT molecular complexity index is 727. The van der Waals surface area contributed by atoms with E-state index in [1.165, 1.54) is 5.56 Å². The van der Waals surface area contributed by atoms with E-state index in [9.17, 15) is 4.79 Å². The number of hydrogen-bond acceptors (Lipinski definition) is 3. The number of nitrogens with one attached hydrogen (secondary N) is 1. The highest BCUT2D eigenvalue weighted by Gasteiger charge is 2.10. The number of urea groups is 1. The van der Waals surface area contributed by atoms with E-state index in [0.29, 0.717) is 24.0 Å². The van der Waals surface area contributed by atoms with Gasteiger partial charge in [0, 0.05) is 19.3 Å². The molecule has 0 aliphatic carbocycles. The van der Waals surface area contributed by atoms with Crippen molar-refractivity contribution in [2.75, 3.05) is 33.1 Å². The minimum absolute atomic E-state index is 0.122. The van der Waals surface area contributed by atoms with Gasteiger partial charge in [0.15, 0.2) is 11.5 Å². The first-order valence-electron chi connectivity index (χ1n) is 8.77. The molecule has 0 aliphatic rings. The second-order valence-corrected chi connectivity index (χ2v) is 6.57. The van der Waals surface area contributed by atoms with Crippen LogP contribution in [0.2, 0.25) is 0 Å². The van der Waals surface area contributed by atoms with Gasteiger partial charge in [0.2, 0.25) is 0 Å². The predicted molar refractivity (Wildman–Crippen MR) is 105 cm³/mol. The Hall–Kier alpha value is -2.69. The summed E-state index contributed by atoms with van der Waals surface area (Å²) in [6.45, 7) is 4.90. The molecule has 0 spiro atoms. The standard InChI is InChI=1S/C21H28N2O3/c1-15(2)17-7-9-18(10-8-17)22-21(24)23(3)13-12-16-6-11-19(25-4)20(14-16)26-5/h6-11,14-15H,12-13H2,1-5H3,(H,22,24). The topological polar surface area (TPSA) is 50.8 Å². The minimum atomic E-state index is -0.122. The van der Waals surface area contributed by atoms with E-state index in [0.717, 1.165) is 17.7 Å². The molecule has 0 aliphatic heterocycles. The fraction of sp³-hybridized carbons (Fsp3) is 0.381. The molecule has 1 N–H and O–H groups in total. The Balaban J connectivity index is 1.90. The van der Waals surface area contributed by atoms with Gasteiger partial charge in [-0.3, -0.25) is 0 Å². The van der Waals surface area contributed by atoms with Crippen molar-refractivity contribution < 1.29 is 14.3 Å². The molecule has 0 unspecified atom stereocenters. The number of amides is 2. The maximum Gasteiger partial charge on any atom is 0.321 e. The Kier molecular flexibility index (Phi) is 6.89. The SMILES string of the molecule is COc1ccc(CCN(C)C(=O)Nc2ccc(C(C)C)cc2)cc1OC. The highest BCUT2D eigenvalue weighted by Crippen LogP contribution is 2.27. The highest BCUT2D eigenvalue weighted by atomic mass is 16.5. The highest BCUT2D eigenvalue weighted by molar-refractivity contribution is 5.89. The lowest BCUT2D eigenvalue weighted by atomic mass is 10.0. The lowest BCUT2D eigenvalue weighted by molar-refractivity contribution is 0.223. The quantitative estimate of drug-likeness (QED) is 0.793. The summed E-state index contributed by atoms with van der Waals surface area (Å²) in [5.74, 6) is 1.87. The molecule has 2 aromatic rings. The number of likely N-dealkylation sites (N-methyl/N-ethyl adjacent to an activating group) is 1. The monoisotopic (exact) mass is 356 g/mol. The van der Waals surface area contributed by atoms with Gasteiger partial charge in [-0.15, -0.1) is 0 Å². The summed E-state index contributed by atoms with van der Waals surface area (Å²) in [5, 5.41) is 2.93. The van der Waals surface area contributed by atoms with Crippen molar-refractivity contribution in [3.8, 4) is 11.5 Å². The fourth-order valence-electron chi connectivity index (χ4n) is 2.60. The maximum absolute atomic E-state index is 12.3. The number of anilines is 1. The molecule has 2 aromatic carbocycles. The van der Waals surface area contributed by atoms with E-state index in [1.54, 1.807) is 26.2 Å². The number of benzene rings is 2. The van der Waals surface area contributed by atoms with Crippen LogP contribution >= 0.6 is 0 Å². The van der Waals surface area contributed by atoms with Crippen LogP contribution in [0.4, 0.5) is 10.5 Å². The number of rotatable bonds is 7. The molecule has 2 rings (SSSR count). The number of hydrogen-bond donors (Lipinski definition) is 1. The normalized spacial score (nSPS) is 10.5. The molecule has 0 bridgehead atoms. The molecular formula is C21H28N2O3. The van der Waals surface area contributed by atoms with Gasteiger partial charge >= 0.3 is 6.03 Å². The second-order valence-electron chi connectivity index (χ2n) is 6.57. The summed E-state index contributed by atoms with van der Waals surface area (Å²) in [4.78, 5) is 14.0. The van der Waals surface area contributed by atoms with E-state index in [2.05, 4.69) is 19.2 Å². The summed E-state index contributed by atoms with van der Waals surface area (Å²) in [6, 6.07) is 13.7. The van der Waals surface area contributed by atoms with Gasteiger partial charge in [-0.25, -0.2) is 4.79 Å². The van der Waals surface area contributed by atoms with Crippen molar-refractivity contribution in [1.29, 1.82) is 0 Å². The van der Waals surface area contributed by atoms with Gasteiger partial charge in [0.05, 0.1) is 14.2 Å². The third-order valence-electron chi connectivity index (χ3n) is 4.36. The molecule has 5 heteroatoms. The first kappa shape index (κ1) is 19.6. The zero-order chi connectivity index (χ0) is 19.1. The minimum Gasteiger partial charge on any atom is -0.493 e. The van der Waals surface area contributed by atoms with E-state index in [1.807, 2.05) is 42.5 Å². The molecule has 0 heterocycles. The van der Waals surface area contributed by atoms with Crippen molar-refractivity contribution in [2.45, 2.75) is 26.2 Å². The predicted octanol–water partition coefficient (Wildman–Crippen LogP) is 4.53. The molecule has 0 aromatic heterocycles. The second kappa shape index (κ2) is 9.13. The van der Waals surface area contributed by atoms with E-state index in [-0.39, 0.29) is 6.03 Å². The zero-order valence-corrected chi connectivity index (χ0v) is 16.2. The molecule has 2 amide bonds. The Morgan fingerprint density at radius 3 is 2.27 bits per heavy atom. The van der Waals surface area contributed by atoms with Crippen LogP contribution in [0.5, 0.6) is 11.5 Å². The van der Waals surface area contributed by atoms with Crippen molar-refractivity contribution in [3.63, 3.8) is 0 Å². The fourth-order valence-corrected chi connectivity index (χ4v) is 2.60. The summed E-state index contributed by atoms with van der Waals surface area (Å²) >= 11 is 0. The summed E-state index contributed by atoms with van der Waals surface area (Å²) in [7, 11) is 5.02. The van der Waals surface area contributed by atoms with Crippen LogP contribution in [0.15, 0.2) is 42.5 Å². The summed E-state index contributed by atoms with van der Waals surface area (Å²) < 4.78 is 10.6. The van der Waals surface area contributed by atoms with Crippen LogP contribution in [0, 0.1) is 0 Å². The van der Waals surface area contributed by atoms with Gasteiger partial charge in [-0.2, -0.15) is 0 Å². The first-order valence-corrected chi connectivity index (χ1v) is 8.77. The maximum atomic E-state index is 12.3. The Morgan fingerprint density at radius 2 is 1.69 bits per heavy atom. The van der Waals surface area contributed by atoms with E-state index in [4.69, 9.17) is 9.47 Å². The van der Waals surface area contributed by atoms with Crippen LogP contribution in [0.3, 0.4) is 0 Å². The molecule has 140 valence electrons. The average Bonchev–Trinajstić information content (AvgIpc) is 2.66. The third-order valence-corrected chi connectivity index (χ3v) is 4.36. The molecule has 0 fully saturated rings. The smallest absolute Gasteiger partial charge is 0.321 e. The average molecular weight is 356 g/mol. The number of nitrogens with zero attached hydrogens (tertiary/aromatic N) is 1. The lowest BCUT2D eigenvalue weighted by Gasteiger charge is -2.18. The number of methoxy groups -OCH3 is 2. The number of ether oxygens (including phenoxy) is 2. The van der Waals surface area contributed by atoms with E-state index >= 15 is 0 Å². The van der Waals surface area contributed by atoms with Crippen LogP contribution in [-0.2, 0) is 6.42 Å². The molecule has 0 radical (unpaired) electrons. The van der Waals surface area contributed by atoms with Gasteiger partial charge in [0.25, 0.3) is 0 Å². The van der Waals surface area contributed by atoms with Gasteiger partial charge in [0.1, 0.15) is 0 Å². The van der Waals surface area contributed by atoms with Crippen LogP contribution in [0.25, 0.3) is 0 Å². The van der Waals surface area contributed by atoms with E-state index < -0.39 is 0 Å². The van der Waals surface area contributed by atoms with Crippen molar-refractivity contribution in [1.82, 2.24) is 4.90 Å². The van der Waals surface area contributed by atoms with Crippen LogP contribution < -0.4 is 14.8 Å². The summed E-state index contributed by atoms with van der Waals surface area (Å²) in [5.41, 5.74) is 3.14. The van der Waals surface area contributed by atoms with Crippen LogP contribution in [-0.4, -0.2) is 38.7 Å². The largest absolute Gasteiger partial charge is 0.493 e. The molecule has 0 saturated heterocycles. The van der Waals surface area contributed by atoms with Gasteiger partial charge in [-0.1, -0.05) is 32.0 Å². The van der Waals surface area contributed by atoms with Gasteiger partial charge < -0.3 is 19.7 Å². The first-order chi connectivity index (χ1) is 12.4. The number of carbonyl (C=O) groups excluding carboxylic acids is 1. The molecule has 0 saturated carbocycles. The zero-order valence-electron chi connectivity index (χ0n) is 16.2. The molecular weight excluding hydrogens is 328 g/mol. The molecule has 5 nitrogen and oxygen atoms in total. The molecule has 26 heavy (non-hydrogen) atoms. The third kappa shape index (κ3) is 5.15. The van der Waals surface area contributed by atoms with Crippen LogP contribution in [0.1, 0.15) is 30.9 Å². The molecule has 0 atom stereocenters. The Labute approximate surface area is 155 Å². The lowest BCUT2D eigenvalue weighted by Crippen LogP contribution is -2.33. The number of carbonyl (C=O) groups is 1. The summed E-state index contributed by atoms with van der Waals surface area (Å²) in [6.07, 6.45) is 0.733. The van der Waals surface area contributed by atoms with Crippen molar-refractivity contribution in [3.05, 3.63) is 53.6 Å². The van der Waals surface area contributed by atoms with Crippen molar-refractivity contribution >= 4 is 11.7 Å². The van der Waals surface area contributed by atoms with Crippen molar-refractivity contribution in [2.24, 2.45) is 0 Å². The Morgan fingerprint density at radius 1 is 1.04 bits per heavy atom.